The lowest BCUT2D eigenvalue weighted by atomic mass is 10.1. The molecular weight excluding hydrogens is 244 g/mol. The van der Waals surface area contributed by atoms with E-state index >= 15 is 0 Å². The molecule has 5 nitrogen and oxygen atoms in total. The van der Waals surface area contributed by atoms with Crippen molar-refractivity contribution in [1.82, 2.24) is 4.90 Å². The Morgan fingerprint density at radius 3 is 2.74 bits per heavy atom. The quantitative estimate of drug-likeness (QED) is 0.734. The van der Waals surface area contributed by atoms with Crippen LogP contribution >= 0.6 is 0 Å². The molecule has 0 aliphatic carbocycles. The molecule has 0 aromatic heterocycles. The molecule has 0 heterocycles. The van der Waals surface area contributed by atoms with Crippen molar-refractivity contribution in [1.29, 1.82) is 0 Å². The number of carbonyl (C=O) groups excluding carboxylic acids is 1. The van der Waals surface area contributed by atoms with Gasteiger partial charge in [-0.15, -0.1) is 0 Å². The zero-order valence-electron chi connectivity index (χ0n) is 11.6. The number of anilines is 1. The number of aliphatic hydroxyl groups excluding tert-OH is 1. The van der Waals surface area contributed by atoms with E-state index in [0.29, 0.717) is 43.1 Å². The number of rotatable bonds is 7. The molecule has 0 aliphatic rings. The summed E-state index contributed by atoms with van der Waals surface area (Å²) in [6.07, 6.45) is 0.552. The zero-order valence-corrected chi connectivity index (χ0v) is 11.6. The molecule has 3 N–H and O–H groups in total. The summed E-state index contributed by atoms with van der Waals surface area (Å²) in [7, 11) is 0. The number of aliphatic hydroxyl groups is 1. The van der Waals surface area contributed by atoms with Crippen molar-refractivity contribution in [2.24, 2.45) is 0 Å². The Hall–Kier alpha value is -1.75. The fourth-order valence-electron chi connectivity index (χ4n) is 1.88. The van der Waals surface area contributed by atoms with Crippen LogP contribution in [0.3, 0.4) is 0 Å². The lowest BCUT2D eigenvalue weighted by Gasteiger charge is -2.22. The maximum Gasteiger partial charge on any atom is 0.259 e. The first kappa shape index (κ1) is 15.3. The summed E-state index contributed by atoms with van der Waals surface area (Å²) in [5, 5.41) is 8.87. The van der Waals surface area contributed by atoms with E-state index in [1.807, 2.05) is 13.8 Å². The number of hydrogen-bond acceptors (Lipinski definition) is 4. The Kier molecular flexibility index (Phi) is 6.15. The molecule has 106 valence electrons. The van der Waals surface area contributed by atoms with Crippen LogP contribution in [0.5, 0.6) is 5.75 Å². The molecule has 1 rings (SSSR count). The van der Waals surface area contributed by atoms with Crippen LogP contribution < -0.4 is 10.5 Å². The number of amides is 1. The Morgan fingerprint density at radius 2 is 2.16 bits per heavy atom. The van der Waals surface area contributed by atoms with Gasteiger partial charge in [-0.1, -0.05) is 6.07 Å². The van der Waals surface area contributed by atoms with Gasteiger partial charge >= 0.3 is 0 Å². The second-order valence-electron chi connectivity index (χ2n) is 4.12. The summed E-state index contributed by atoms with van der Waals surface area (Å²) >= 11 is 0. The number of benzene rings is 1. The van der Waals surface area contributed by atoms with Crippen LogP contribution in [0.4, 0.5) is 5.69 Å². The smallest absolute Gasteiger partial charge is 0.259 e. The van der Waals surface area contributed by atoms with E-state index < -0.39 is 0 Å². The van der Waals surface area contributed by atoms with Gasteiger partial charge in [0.25, 0.3) is 5.91 Å². The molecule has 0 bridgehead atoms. The predicted octanol–water partition coefficient (Wildman–Crippen LogP) is 1.51. The van der Waals surface area contributed by atoms with Gasteiger partial charge in [0.15, 0.2) is 0 Å². The van der Waals surface area contributed by atoms with E-state index in [4.69, 9.17) is 15.6 Å². The van der Waals surface area contributed by atoms with Gasteiger partial charge in [0.05, 0.1) is 6.61 Å². The van der Waals surface area contributed by atoms with Crippen molar-refractivity contribution in [2.45, 2.75) is 20.3 Å². The highest BCUT2D eigenvalue weighted by Gasteiger charge is 2.20. The van der Waals surface area contributed by atoms with E-state index in [2.05, 4.69) is 0 Å². The molecule has 0 spiro atoms. The van der Waals surface area contributed by atoms with Gasteiger partial charge in [-0.25, -0.2) is 0 Å². The van der Waals surface area contributed by atoms with Crippen LogP contribution in [0.25, 0.3) is 0 Å². The van der Waals surface area contributed by atoms with Gasteiger partial charge in [0.1, 0.15) is 11.3 Å². The summed E-state index contributed by atoms with van der Waals surface area (Å²) in [6, 6.07) is 5.20. The first-order valence-electron chi connectivity index (χ1n) is 6.57. The van der Waals surface area contributed by atoms with Crippen LogP contribution in [0.1, 0.15) is 30.6 Å². The van der Waals surface area contributed by atoms with E-state index in [9.17, 15) is 4.79 Å². The molecule has 1 amide bonds. The summed E-state index contributed by atoms with van der Waals surface area (Å²) in [5.41, 5.74) is 6.72. The molecule has 19 heavy (non-hydrogen) atoms. The predicted molar refractivity (Wildman–Crippen MR) is 75.3 cm³/mol. The van der Waals surface area contributed by atoms with Gasteiger partial charge in [-0.2, -0.15) is 0 Å². The van der Waals surface area contributed by atoms with Crippen molar-refractivity contribution >= 4 is 11.6 Å². The van der Waals surface area contributed by atoms with Crippen LogP contribution in [0.2, 0.25) is 0 Å². The molecule has 0 atom stereocenters. The number of carbonyl (C=O) groups is 1. The monoisotopic (exact) mass is 266 g/mol. The molecular formula is C14H22N2O3. The Balaban J connectivity index is 3.02. The number of nitrogens with zero attached hydrogens (tertiary/aromatic N) is 1. The highest BCUT2D eigenvalue weighted by atomic mass is 16.5. The van der Waals surface area contributed by atoms with Crippen LogP contribution in [-0.2, 0) is 0 Å². The summed E-state index contributed by atoms with van der Waals surface area (Å²) < 4.78 is 5.46. The fourth-order valence-corrected chi connectivity index (χ4v) is 1.88. The molecule has 0 fully saturated rings. The second-order valence-corrected chi connectivity index (χ2v) is 4.12. The molecule has 5 heteroatoms. The van der Waals surface area contributed by atoms with Crippen LogP contribution in [-0.4, -0.2) is 42.2 Å². The fraction of sp³-hybridized carbons (Fsp3) is 0.500. The average molecular weight is 266 g/mol. The largest absolute Gasteiger partial charge is 0.493 e. The summed E-state index contributed by atoms with van der Waals surface area (Å²) in [4.78, 5) is 14.1. The van der Waals surface area contributed by atoms with E-state index in [-0.39, 0.29) is 12.5 Å². The van der Waals surface area contributed by atoms with Crippen molar-refractivity contribution < 1.29 is 14.6 Å². The van der Waals surface area contributed by atoms with Crippen molar-refractivity contribution in [2.75, 3.05) is 32.0 Å². The highest BCUT2D eigenvalue weighted by molar-refractivity contribution is 6.01. The Bertz CT molecular complexity index is 421. The topological polar surface area (TPSA) is 75.8 Å². The Morgan fingerprint density at radius 1 is 1.42 bits per heavy atom. The van der Waals surface area contributed by atoms with Crippen molar-refractivity contribution in [3.63, 3.8) is 0 Å². The minimum absolute atomic E-state index is 0.0619. The third-order valence-electron chi connectivity index (χ3n) is 2.83. The van der Waals surface area contributed by atoms with E-state index in [1.165, 1.54) is 0 Å². The van der Waals surface area contributed by atoms with Gasteiger partial charge in [-0.05, 0) is 32.4 Å². The lowest BCUT2D eigenvalue weighted by molar-refractivity contribution is 0.0751. The van der Waals surface area contributed by atoms with Gasteiger partial charge in [0, 0.05) is 25.4 Å². The number of hydrogen-bond donors (Lipinski definition) is 2. The van der Waals surface area contributed by atoms with Gasteiger partial charge < -0.3 is 20.5 Å². The summed E-state index contributed by atoms with van der Waals surface area (Å²) in [5.74, 6) is 0.354. The van der Waals surface area contributed by atoms with E-state index in [0.717, 1.165) is 0 Å². The third kappa shape index (κ3) is 3.86. The number of ether oxygens (including phenoxy) is 1. The molecule has 0 radical (unpaired) electrons. The normalized spacial score (nSPS) is 10.3. The highest BCUT2D eigenvalue weighted by Crippen LogP contribution is 2.26. The minimum atomic E-state index is -0.155. The molecule has 1 aromatic rings. The lowest BCUT2D eigenvalue weighted by Crippen LogP contribution is -2.33. The SMILES string of the molecule is CCOc1cccc(N)c1C(=O)N(CC)CCCO. The first-order chi connectivity index (χ1) is 9.15. The average Bonchev–Trinajstić information content (AvgIpc) is 2.40. The third-order valence-corrected chi connectivity index (χ3v) is 2.83. The molecule has 0 unspecified atom stereocenters. The van der Waals surface area contributed by atoms with Crippen molar-refractivity contribution in [3.8, 4) is 5.75 Å². The first-order valence-corrected chi connectivity index (χ1v) is 6.57. The van der Waals surface area contributed by atoms with Gasteiger partial charge in [0.2, 0.25) is 0 Å². The minimum Gasteiger partial charge on any atom is -0.493 e. The van der Waals surface area contributed by atoms with Gasteiger partial charge in [-0.3, -0.25) is 4.79 Å². The standard InChI is InChI=1S/C14H22N2O3/c1-3-16(9-6-10-17)14(18)13-11(15)7-5-8-12(13)19-4-2/h5,7-8,17H,3-4,6,9-10,15H2,1-2H3. The summed E-state index contributed by atoms with van der Waals surface area (Å²) in [6.45, 7) is 5.37. The maximum atomic E-state index is 12.5. The zero-order chi connectivity index (χ0) is 14.3. The number of nitrogen functional groups attached to an aromatic ring is 1. The Labute approximate surface area is 114 Å². The van der Waals surface area contributed by atoms with E-state index in [1.54, 1.807) is 23.1 Å². The van der Waals surface area contributed by atoms with Crippen LogP contribution in [0, 0.1) is 0 Å². The maximum absolute atomic E-state index is 12.5. The number of nitrogens with two attached hydrogens (primary N) is 1. The molecule has 0 aliphatic heterocycles. The van der Waals surface area contributed by atoms with Crippen LogP contribution in [0.15, 0.2) is 18.2 Å². The molecule has 0 saturated carbocycles. The second kappa shape index (κ2) is 7.63. The molecule has 0 saturated heterocycles. The van der Waals surface area contributed by atoms with Crippen molar-refractivity contribution in [3.05, 3.63) is 23.8 Å². The molecule has 1 aromatic carbocycles.